The normalized spacial score (nSPS) is 40.3. The zero-order valence-electron chi connectivity index (χ0n) is 11.2. The Labute approximate surface area is 113 Å². The minimum atomic E-state index is -0.480. The topological polar surface area (TPSA) is 51.0 Å². The number of hydrogen-bond acceptors (Lipinski definition) is 4. The van der Waals surface area contributed by atoms with Crippen LogP contribution in [-0.4, -0.2) is 30.4 Å². The molecule has 0 aromatic heterocycles. The van der Waals surface area contributed by atoms with Gasteiger partial charge in [-0.2, -0.15) is 0 Å². The van der Waals surface area contributed by atoms with E-state index in [1.54, 1.807) is 6.21 Å². The predicted octanol–water partition coefficient (Wildman–Crippen LogP) is 2.74. The fraction of sp³-hybridized carbons (Fsp3) is 0.667. The number of rotatable bonds is 3. The molecule has 1 heterocycles. The second-order valence-corrected chi connectivity index (χ2v) is 6.01. The van der Waals surface area contributed by atoms with Gasteiger partial charge in [0, 0.05) is 18.6 Å². The highest BCUT2D eigenvalue weighted by Crippen LogP contribution is 2.63. The average Bonchev–Trinajstić information content (AvgIpc) is 2.98. The molecule has 2 saturated carbocycles. The molecular weight excluding hydrogens is 242 g/mol. The third-order valence-electron chi connectivity index (χ3n) is 5.14. The van der Waals surface area contributed by atoms with Crippen LogP contribution in [-0.2, 0) is 9.47 Å². The van der Waals surface area contributed by atoms with E-state index in [2.05, 4.69) is 18.3 Å². The molecule has 0 aromatic carbocycles. The smallest absolute Gasteiger partial charge is 0.175 e. The molecule has 3 fully saturated rings. The first-order valence-corrected chi connectivity index (χ1v) is 6.90. The number of nitrogens with zero attached hydrogens (tertiary/aromatic N) is 1. The number of oxime groups is 1. The second-order valence-electron chi connectivity index (χ2n) is 6.01. The van der Waals surface area contributed by atoms with Gasteiger partial charge in [-0.15, -0.1) is 11.7 Å². The molecule has 4 heteroatoms. The van der Waals surface area contributed by atoms with Crippen LogP contribution in [0.3, 0.4) is 0 Å². The maximum Gasteiger partial charge on any atom is 0.175 e. The van der Waals surface area contributed by atoms with Crippen LogP contribution in [0.2, 0.25) is 0 Å². The largest absolute Gasteiger partial charge is 0.411 e. The van der Waals surface area contributed by atoms with Gasteiger partial charge in [0.15, 0.2) is 5.79 Å². The molecular formula is C15H21NO3. The highest BCUT2D eigenvalue weighted by Gasteiger charge is 2.61. The van der Waals surface area contributed by atoms with Crippen molar-refractivity contribution in [3.05, 3.63) is 24.8 Å². The summed E-state index contributed by atoms with van der Waals surface area (Å²) >= 11 is 0. The Hall–Kier alpha value is -1.13. The molecule has 0 aromatic rings. The van der Waals surface area contributed by atoms with Gasteiger partial charge < -0.3 is 14.7 Å². The van der Waals surface area contributed by atoms with Crippen molar-refractivity contribution < 1.29 is 14.7 Å². The molecule has 1 N–H and O–H groups in total. The molecule has 2 aliphatic carbocycles. The fourth-order valence-corrected chi connectivity index (χ4v) is 4.27. The summed E-state index contributed by atoms with van der Waals surface area (Å²) in [5.41, 5.74) is 1.29. The van der Waals surface area contributed by atoms with E-state index in [0.29, 0.717) is 19.1 Å². The molecule has 0 amide bonds. The van der Waals surface area contributed by atoms with E-state index in [4.69, 9.17) is 14.7 Å². The Morgan fingerprint density at radius 3 is 2.74 bits per heavy atom. The molecule has 104 valence electrons. The van der Waals surface area contributed by atoms with Crippen molar-refractivity contribution in [3.63, 3.8) is 0 Å². The summed E-state index contributed by atoms with van der Waals surface area (Å²) < 4.78 is 11.9. The summed E-state index contributed by atoms with van der Waals surface area (Å²) in [7, 11) is 0. The highest BCUT2D eigenvalue weighted by molar-refractivity contribution is 5.58. The monoisotopic (exact) mass is 263 g/mol. The quantitative estimate of drug-likeness (QED) is 0.368. The van der Waals surface area contributed by atoms with Crippen molar-refractivity contribution in [1.82, 2.24) is 0 Å². The summed E-state index contributed by atoms with van der Waals surface area (Å²) in [6.07, 6.45) is 7.11. The second kappa shape index (κ2) is 4.46. The molecule has 0 radical (unpaired) electrons. The van der Waals surface area contributed by atoms with Gasteiger partial charge in [-0.1, -0.05) is 18.2 Å². The van der Waals surface area contributed by atoms with Crippen LogP contribution >= 0.6 is 0 Å². The Kier molecular flexibility index (Phi) is 3.02. The van der Waals surface area contributed by atoms with Crippen molar-refractivity contribution in [1.29, 1.82) is 0 Å². The van der Waals surface area contributed by atoms with E-state index in [9.17, 15) is 0 Å². The van der Waals surface area contributed by atoms with Crippen molar-refractivity contribution in [2.45, 2.75) is 31.5 Å². The molecule has 1 aliphatic heterocycles. The SMILES string of the molecule is C=C[C@@H]1CC2(OCCO2)[C@@H]2C[C@@]1(C/C=N/O)CC2=C. The van der Waals surface area contributed by atoms with Gasteiger partial charge in [0.2, 0.25) is 0 Å². The molecule has 1 saturated heterocycles. The van der Waals surface area contributed by atoms with E-state index >= 15 is 0 Å². The van der Waals surface area contributed by atoms with Crippen LogP contribution in [0.5, 0.6) is 0 Å². The van der Waals surface area contributed by atoms with Gasteiger partial charge in [0.1, 0.15) is 0 Å². The first kappa shape index (κ1) is 12.9. The number of ether oxygens (including phenoxy) is 2. The Balaban J connectivity index is 1.94. The third kappa shape index (κ3) is 1.77. The molecule has 4 nitrogen and oxygen atoms in total. The summed E-state index contributed by atoms with van der Waals surface area (Å²) in [6.45, 7) is 9.55. The van der Waals surface area contributed by atoms with Crippen LogP contribution in [0.25, 0.3) is 0 Å². The predicted molar refractivity (Wildman–Crippen MR) is 72.1 cm³/mol. The Bertz CT molecular complexity index is 425. The summed E-state index contributed by atoms with van der Waals surface area (Å²) in [5.74, 6) is 0.0872. The molecule has 19 heavy (non-hydrogen) atoms. The van der Waals surface area contributed by atoms with E-state index in [-0.39, 0.29) is 11.3 Å². The first-order valence-electron chi connectivity index (χ1n) is 6.90. The van der Waals surface area contributed by atoms with E-state index in [1.807, 2.05) is 6.08 Å². The lowest BCUT2D eigenvalue weighted by Crippen LogP contribution is -2.47. The maximum absolute atomic E-state index is 8.72. The van der Waals surface area contributed by atoms with E-state index < -0.39 is 5.79 Å². The Morgan fingerprint density at radius 1 is 1.37 bits per heavy atom. The Morgan fingerprint density at radius 2 is 2.11 bits per heavy atom. The van der Waals surface area contributed by atoms with Gasteiger partial charge in [-0.25, -0.2) is 0 Å². The molecule has 3 atom stereocenters. The van der Waals surface area contributed by atoms with E-state index in [0.717, 1.165) is 25.7 Å². The van der Waals surface area contributed by atoms with Crippen LogP contribution in [0.15, 0.2) is 30.0 Å². The van der Waals surface area contributed by atoms with E-state index in [1.165, 1.54) is 5.57 Å². The average molecular weight is 263 g/mol. The van der Waals surface area contributed by atoms with Crippen LogP contribution in [0, 0.1) is 17.3 Å². The summed E-state index contributed by atoms with van der Waals surface area (Å²) in [6, 6.07) is 0. The number of fused-ring (bicyclic) bond motifs is 3. The zero-order valence-corrected chi connectivity index (χ0v) is 11.2. The lowest BCUT2D eigenvalue weighted by molar-refractivity contribution is -0.216. The van der Waals surface area contributed by atoms with Crippen molar-refractivity contribution >= 4 is 6.21 Å². The summed E-state index contributed by atoms with van der Waals surface area (Å²) in [4.78, 5) is 0. The molecule has 2 bridgehead atoms. The van der Waals surface area contributed by atoms with Crippen LogP contribution in [0.1, 0.15) is 25.7 Å². The zero-order chi connectivity index (χ0) is 13.5. The molecule has 0 unspecified atom stereocenters. The first-order chi connectivity index (χ1) is 9.16. The van der Waals surface area contributed by atoms with Gasteiger partial charge in [0.25, 0.3) is 0 Å². The maximum atomic E-state index is 8.72. The van der Waals surface area contributed by atoms with Gasteiger partial charge >= 0.3 is 0 Å². The lowest BCUT2D eigenvalue weighted by Gasteiger charge is -2.46. The molecule has 1 spiro atoms. The fourth-order valence-electron chi connectivity index (χ4n) is 4.27. The van der Waals surface area contributed by atoms with Crippen LogP contribution in [0.4, 0.5) is 0 Å². The summed E-state index contributed by atoms with van der Waals surface area (Å²) in [5, 5.41) is 11.9. The minimum Gasteiger partial charge on any atom is -0.411 e. The highest BCUT2D eigenvalue weighted by atomic mass is 16.7. The van der Waals surface area contributed by atoms with Crippen molar-refractivity contribution in [3.8, 4) is 0 Å². The third-order valence-corrected chi connectivity index (χ3v) is 5.14. The number of allylic oxidation sites excluding steroid dienone is 1. The van der Waals surface area contributed by atoms with Crippen LogP contribution < -0.4 is 0 Å². The van der Waals surface area contributed by atoms with Crippen molar-refractivity contribution in [2.24, 2.45) is 22.4 Å². The van der Waals surface area contributed by atoms with Crippen molar-refractivity contribution in [2.75, 3.05) is 13.2 Å². The van der Waals surface area contributed by atoms with Gasteiger partial charge in [-0.3, -0.25) is 0 Å². The lowest BCUT2D eigenvalue weighted by atomic mass is 9.64. The van der Waals surface area contributed by atoms with Gasteiger partial charge in [0.05, 0.1) is 13.2 Å². The standard InChI is InChI=1S/C15H21NO3/c1-3-12-9-15(18-6-7-19-15)13-10-14(12,4-5-16-17)8-11(13)2/h3,5,12-13,17H,1-2,4,6-10H2/b16-5+/t12-,13-,14-/m1/s1. The van der Waals surface area contributed by atoms with Gasteiger partial charge in [-0.05, 0) is 30.6 Å². The number of hydrogen-bond donors (Lipinski definition) is 1. The molecule has 3 rings (SSSR count). The molecule has 3 aliphatic rings. The minimum absolute atomic E-state index is 0.0797.